The molecule has 4 nitrogen and oxygen atoms in total. The topological polar surface area (TPSA) is 41.6 Å². The number of benzene rings is 1. The second-order valence-electron chi connectivity index (χ2n) is 6.11. The number of ether oxygens (including phenoxy) is 1. The first-order valence-electron chi connectivity index (χ1n) is 8.43. The van der Waals surface area contributed by atoms with Crippen LogP contribution in [0.4, 0.5) is 4.79 Å². The van der Waals surface area contributed by atoms with Gasteiger partial charge >= 0.3 is 6.09 Å². The van der Waals surface area contributed by atoms with Gasteiger partial charge in [0, 0.05) is 37.0 Å². The number of nitrogens with zero attached hydrogens (tertiary/aromatic N) is 1. The van der Waals surface area contributed by atoms with Crippen LogP contribution in [-0.4, -0.2) is 37.7 Å². The highest BCUT2D eigenvalue weighted by Crippen LogP contribution is 2.27. The minimum atomic E-state index is -0.319. The van der Waals surface area contributed by atoms with E-state index in [4.69, 9.17) is 16.3 Å². The number of halogens is 1. The highest BCUT2D eigenvalue weighted by molar-refractivity contribution is 6.30. The molecule has 0 aliphatic heterocycles. The molecule has 0 radical (unpaired) electrons. The van der Waals surface area contributed by atoms with Crippen molar-refractivity contribution in [1.29, 1.82) is 0 Å². The Balaban J connectivity index is 1.78. The zero-order valence-corrected chi connectivity index (χ0v) is 15.1. The van der Waals surface area contributed by atoms with E-state index in [2.05, 4.69) is 17.2 Å². The zero-order valence-electron chi connectivity index (χ0n) is 14.3. The molecule has 5 heteroatoms. The number of amides is 1. The Bertz CT molecular complexity index is 584. The maximum Gasteiger partial charge on any atom is 0.415 e. The van der Waals surface area contributed by atoms with Crippen molar-refractivity contribution in [2.45, 2.75) is 38.1 Å². The molecule has 1 aliphatic carbocycles. The van der Waals surface area contributed by atoms with Crippen molar-refractivity contribution in [2.24, 2.45) is 5.92 Å². The van der Waals surface area contributed by atoms with Crippen molar-refractivity contribution in [3.05, 3.63) is 29.3 Å². The van der Waals surface area contributed by atoms with Crippen LogP contribution in [0.2, 0.25) is 5.02 Å². The Morgan fingerprint density at radius 3 is 2.58 bits per heavy atom. The van der Waals surface area contributed by atoms with Crippen molar-refractivity contribution in [1.82, 2.24) is 10.2 Å². The number of hydrogen-bond donors (Lipinski definition) is 1. The Morgan fingerprint density at radius 1 is 1.29 bits per heavy atom. The van der Waals surface area contributed by atoms with Gasteiger partial charge in [-0.3, -0.25) is 0 Å². The van der Waals surface area contributed by atoms with Crippen LogP contribution in [-0.2, 0) is 0 Å². The third kappa shape index (κ3) is 5.74. The van der Waals surface area contributed by atoms with Gasteiger partial charge in [-0.1, -0.05) is 17.5 Å². The lowest BCUT2D eigenvalue weighted by molar-refractivity contribution is 0.129. The number of carbonyl (C=O) groups is 1. The molecular weight excluding hydrogens is 324 g/mol. The molecule has 0 saturated heterocycles. The first kappa shape index (κ1) is 18.6. The standard InChI is InChI=1S/C19H25ClN2O2/c1-21-14-4-3-5-15-6-10-17(11-7-15)22(2)19(23)24-18-12-8-16(20)9-13-18/h8-9,12-13,15,17,21H,4,6-7,10-11,14H2,1-2H3. The number of carbonyl (C=O) groups excluding carboxylic acids is 1. The molecule has 1 N–H and O–H groups in total. The molecule has 1 saturated carbocycles. The normalized spacial score (nSPS) is 20.0. The molecule has 0 bridgehead atoms. The van der Waals surface area contributed by atoms with Gasteiger partial charge < -0.3 is 15.0 Å². The van der Waals surface area contributed by atoms with Crippen molar-refractivity contribution in [3.63, 3.8) is 0 Å². The minimum absolute atomic E-state index is 0.222. The van der Waals surface area contributed by atoms with E-state index in [0.717, 1.165) is 38.6 Å². The molecule has 2 rings (SSSR count). The third-order valence-electron chi connectivity index (χ3n) is 4.36. The van der Waals surface area contributed by atoms with Gasteiger partial charge in [-0.25, -0.2) is 4.79 Å². The van der Waals surface area contributed by atoms with E-state index in [1.54, 1.807) is 29.2 Å². The quantitative estimate of drug-likeness (QED) is 0.662. The van der Waals surface area contributed by atoms with E-state index in [-0.39, 0.29) is 12.1 Å². The van der Waals surface area contributed by atoms with E-state index < -0.39 is 0 Å². The second-order valence-corrected chi connectivity index (χ2v) is 6.55. The van der Waals surface area contributed by atoms with Gasteiger partial charge in [-0.2, -0.15) is 0 Å². The van der Waals surface area contributed by atoms with Crippen LogP contribution in [0, 0.1) is 17.8 Å². The van der Waals surface area contributed by atoms with E-state index >= 15 is 0 Å². The molecule has 1 amide bonds. The van der Waals surface area contributed by atoms with Gasteiger partial charge in [0.2, 0.25) is 0 Å². The van der Waals surface area contributed by atoms with Gasteiger partial charge in [-0.15, -0.1) is 5.92 Å². The van der Waals surface area contributed by atoms with Crippen LogP contribution >= 0.6 is 11.6 Å². The van der Waals surface area contributed by atoms with Crippen LogP contribution in [0.25, 0.3) is 0 Å². The molecule has 1 aromatic carbocycles. The van der Waals surface area contributed by atoms with E-state index in [1.807, 2.05) is 14.1 Å². The monoisotopic (exact) mass is 348 g/mol. The molecule has 1 aromatic rings. The SMILES string of the molecule is CNCCC#CC1CCC(N(C)C(=O)Oc2ccc(Cl)cc2)CC1. The smallest absolute Gasteiger partial charge is 0.410 e. The maximum atomic E-state index is 12.3. The van der Waals surface area contributed by atoms with Gasteiger partial charge in [0.15, 0.2) is 0 Å². The predicted molar refractivity (Wildman–Crippen MR) is 97.3 cm³/mol. The van der Waals surface area contributed by atoms with Crippen molar-refractivity contribution in [3.8, 4) is 17.6 Å². The molecule has 0 atom stereocenters. The minimum Gasteiger partial charge on any atom is -0.410 e. The lowest BCUT2D eigenvalue weighted by atomic mass is 9.86. The summed E-state index contributed by atoms with van der Waals surface area (Å²) >= 11 is 5.83. The summed E-state index contributed by atoms with van der Waals surface area (Å²) in [6, 6.07) is 7.04. The van der Waals surface area contributed by atoms with Gasteiger partial charge in [0.05, 0.1) is 0 Å². The zero-order chi connectivity index (χ0) is 17.4. The van der Waals surface area contributed by atoms with Crippen molar-refractivity contribution < 1.29 is 9.53 Å². The molecule has 0 heterocycles. The first-order valence-corrected chi connectivity index (χ1v) is 8.81. The van der Waals surface area contributed by atoms with Crippen LogP contribution in [0.3, 0.4) is 0 Å². The second kappa shape index (κ2) is 9.56. The molecular formula is C19H25ClN2O2. The predicted octanol–water partition coefficient (Wildman–Crippen LogP) is 3.94. The van der Waals surface area contributed by atoms with Crippen molar-refractivity contribution in [2.75, 3.05) is 20.6 Å². The summed E-state index contributed by atoms with van der Waals surface area (Å²) in [6.45, 7) is 0.932. The molecule has 0 unspecified atom stereocenters. The summed E-state index contributed by atoms with van der Waals surface area (Å²) in [5, 5.41) is 3.72. The highest BCUT2D eigenvalue weighted by atomic mass is 35.5. The first-order chi connectivity index (χ1) is 11.6. The summed E-state index contributed by atoms with van der Waals surface area (Å²) in [7, 11) is 3.74. The summed E-state index contributed by atoms with van der Waals surface area (Å²) < 4.78 is 5.40. The fourth-order valence-corrected chi connectivity index (χ4v) is 2.96. The van der Waals surface area contributed by atoms with Crippen LogP contribution in [0.5, 0.6) is 5.75 Å². The molecule has 24 heavy (non-hydrogen) atoms. The molecule has 1 fully saturated rings. The Kier molecular flexibility index (Phi) is 7.42. The number of hydrogen-bond acceptors (Lipinski definition) is 3. The van der Waals surface area contributed by atoms with E-state index in [0.29, 0.717) is 16.7 Å². The Labute approximate surface area is 149 Å². The van der Waals surface area contributed by atoms with Gasteiger partial charge in [0.25, 0.3) is 0 Å². The van der Waals surface area contributed by atoms with Crippen LogP contribution in [0.15, 0.2) is 24.3 Å². The number of nitrogens with one attached hydrogen (secondary N) is 1. The van der Waals surface area contributed by atoms with Gasteiger partial charge in [-0.05, 0) is 57.0 Å². The summed E-state index contributed by atoms with van der Waals surface area (Å²) in [5.74, 6) is 7.56. The lowest BCUT2D eigenvalue weighted by Crippen LogP contribution is -2.40. The van der Waals surface area contributed by atoms with Crippen LogP contribution < -0.4 is 10.1 Å². The molecule has 130 valence electrons. The molecule has 1 aliphatic rings. The Morgan fingerprint density at radius 2 is 1.96 bits per heavy atom. The largest absolute Gasteiger partial charge is 0.415 e. The average molecular weight is 349 g/mol. The average Bonchev–Trinajstić information content (AvgIpc) is 2.60. The van der Waals surface area contributed by atoms with Crippen molar-refractivity contribution >= 4 is 17.7 Å². The maximum absolute atomic E-state index is 12.3. The third-order valence-corrected chi connectivity index (χ3v) is 4.61. The Hall–Kier alpha value is -1.70. The fraction of sp³-hybridized carbons (Fsp3) is 0.526. The van der Waals surface area contributed by atoms with E-state index in [1.165, 1.54) is 0 Å². The molecule has 0 aromatic heterocycles. The molecule has 0 spiro atoms. The fourth-order valence-electron chi connectivity index (χ4n) is 2.84. The number of rotatable bonds is 4. The van der Waals surface area contributed by atoms with Gasteiger partial charge in [0.1, 0.15) is 5.75 Å². The summed E-state index contributed by atoms with van der Waals surface area (Å²) in [5.41, 5.74) is 0. The van der Waals surface area contributed by atoms with E-state index in [9.17, 15) is 4.79 Å². The van der Waals surface area contributed by atoms with Crippen LogP contribution in [0.1, 0.15) is 32.1 Å². The lowest BCUT2D eigenvalue weighted by Gasteiger charge is -2.32. The summed E-state index contributed by atoms with van der Waals surface area (Å²) in [6.07, 6.45) is 4.59. The highest BCUT2D eigenvalue weighted by Gasteiger charge is 2.26. The summed E-state index contributed by atoms with van der Waals surface area (Å²) in [4.78, 5) is 14.0.